The lowest BCUT2D eigenvalue weighted by molar-refractivity contribution is 0.475. The van der Waals surface area contributed by atoms with Crippen molar-refractivity contribution in [2.45, 2.75) is 90.9 Å². The second-order valence-corrected chi connectivity index (χ2v) is 7.62. The van der Waals surface area contributed by atoms with Crippen LogP contribution in [0.3, 0.4) is 0 Å². The maximum absolute atomic E-state index is 9.29. The minimum atomic E-state index is 0.286. The minimum Gasteiger partial charge on any atom is -0.508 e. The lowest BCUT2D eigenvalue weighted by atomic mass is 9.89. The summed E-state index contributed by atoms with van der Waals surface area (Å²) in [5.41, 5.74) is 2.35. The van der Waals surface area contributed by atoms with E-state index in [0.29, 0.717) is 5.92 Å². The highest BCUT2D eigenvalue weighted by Gasteiger charge is 2.11. The van der Waals surface area contributed by atoms with Crippen LogP contribution in [0.25, 0.3) is 0 Å². The number of hydrogen-bond donors (Lipinski definition) is 2. The van der Waals surface area contributed by atoms with E-state index in [9.17, 15) is 10.2 Å². The molecule has 0 aliphatic heterocycles. The molecule has 2 aromatic rings. The standard InChI is InChI=1S/C15H16O2.C11H24/c1-2-15(11-3-7-13(16)8-4-11)12-5-9-14(17)10-6-12;1-3-5-7-9-11-10-8-6-4-2/h3-10,15-17H,2H2,1H3;3-11H2,1-2H3. The molecule has 0 radical (unpaired) electrons. The highest BCUT2D eigenvalue weighted by atomic mass is 16.3. The maximum atomic E-state index is 9.29. The molecule has 2 heteroatoms. The number of unbranched alkanes of at least 4 members (excludes halogenated alkanes) is 8. The molecule has 0 aromatic heterocycles. The van der Waals surface area contributed by atoms with Gasteiger partial charge in [0.15, 0.2) is 0 Å². The first kappa shape index (κ1) is 24.1. The van der Waals surface area contributed by atoms with E-state index in [1.54, 1.807) is 24.3 Å². The first-order chi connectivity index (χ1) is 13.6. The van der Waals surface area contributed by atoms with Crippen LogP contribution in [0.15, 0.2) is 48.5 Å². The second kappa shape index (κ2) is 15.0. The van der Waals surface area contributed by atoms with Crippen LogP contribution >= 0.6 is 0 Å². The molecule has 0 bridgehead atoms. The van der Waals surface area contributed by atoms with Crippen molar-refractivity contribution in [3.05, 3.63) is 59.7 Å². The number of benzene rings is 2. The molecule has 0 amide bonds. The van der Waals surface area contributed by atoms with Crippen molar-refractivity contribution in [2.75, 3.05) is 0 Å². The van der Waals surface area contributed by atoms with E-state index in [0.717, 1.165) is 6.42 Å². The van der Waals surface area contributed by atoms with Crippen LogP contribution in [0, 0.1) is 0 Å². The van der Waals surface area contributed by atoms with Crippen molar-refractivity contribution in [2.24, 2.45) is 0 Å². The van der Waals surface area contributed by atoms with Crippen LogP contribution in [0.5, 0.6) is 11.5 Å². The van der Waals surface area contributed by atoms with Crippen molar-refractivity contribution in [3.8, 4) is 11.5 Å². The third-order valence-corrected chi connectivity index (χ3v) is 5.21. The Morgan fingerprint density at radius 2 is 0.857 bits per heavy atom. The third kappa shape index (κ3) is 9.82. The highest BCUT2D eigenvalue weighted by molar-refractivity contribution is 5.37. The molecule has 0 heterocycles. The van der Waals surface area contributed by atoms with Crippen molar-refractivity contribution >= 4 is 0 Å². The van der Waals surface area contributed by atoms with Crippen LogP contribution in [0.1, 0.15) is 102 Å². The molecule has 0 aliphatic carbocycles. The van der Waals surface area contributed by atoms with E-state index in [1.165, 1.54) is 68.9 Å². The quantitative estimate of drug-likeness (QED) is 0.383. The lowest BCUT2D eigenvalue weighted by Crippen LogP contribution is -1.98. The number of phenolic OH excluding ortho intramolecular Hbond substituents is 2. The summed E-state index contributed by atoms with van der Waals surface area (Å²) in [6.07, 6.45) is 13.9. The first-order valence-electron chi connectivity index (χ1n) is 11.2. The molecule has 0 spiro atoms. The summed E-state index contributed by atoms with van der Waals surface area (Å²) in [6, 6.07) is 14.6. The van der Waals surface area contributed by atoms with E-state index in [4.69, 9.17) is 0 Å². The van der Waals surface area contributed by atoms with Gasteiger partial charge in [-0.15, -0.1) is 0 Å². The Morgan fingerprint density at radius 3 is 1.14 bits per heavy atom. The molecule has 0 saturated heterocycles. The Morgan fingerprint density at radius 1 is 0.536 bits per heavy atom. The van der Waals surface area contributed by atoms with E-state index in [1.807, 2.05) is 24.3 Å². The fraction of sp³-hybridized carbons (Fsp3) is 0.538. The normalized spacial score (nSPS) is 10.6. The van der Waals surface area contributed by atoms with E-state index in [-0.39, 0.29) is 11.5 Å². The fourth-order valence-electron chi connectivity index (χ4n) is 3.46. The number of hydrogen-bond acceptors (Lipinski definition) is 2. The van der Waals surface area contributed by atoms with Gasteiger partial charge in [0.2, 0.25) is 0 Å². The van der Waals surface area contributed by atoms with Crippen LogP contribution in [-0.4, -0.2) is 10.2 Å². The predicted octanol–water partition coefficient (Wildman–Crippen LogP) is 8.18. The van der Waals surface area contributed by atoms with Crippen molar-refractivity contribution in [1.82, 2.24) is 0 Å². The molecule has 0 fully saturated rings. The van der Waals surface area contributed by atoms with Crippen LogP contribution in [0.4, 0.5) is 0 Å². The van der Waals surface area contributed by atoms with Gasteiger partial charge in [-0.1, -0.05) is 103 Å². The van der Waals surface area contributed by atoms with Gasteiger partial charge >= 0.3 is 0 Å². The van der Waals surface area contributed by atoms with Gasteiger partial charge in [-0.25, -0.2) is 0 Å². The first-order valence-corrected chi connectivity index (χ1v) is 11.2. The molecule has 0 unspecified atom stereocenters. The van der Waals surface area contributed by atoms with Gasteiger partial charge < -0.3 is 10.2 Å². The molecule has 2 N–H and O–H groups in total. The summed E-state index contributed by atoms with van der Waals surface area (Å²) >= 11 is 0. The molecule has 0 saturated carbocycles. The van der Waals surface area contributed by atoms with Crippen molar-refractivity contribution in [1.29, 1.82) is 0 Å². The lowest BCUT2D eigenvalue weighted by Gasteiger charge is -2.16. The Bertz CT molecular complexity index is 548. The van der Waals surface area contributed by atoms with Gasteiger partial charge in [-0.05, 0) is 41.8 Å². The molecule has 0 atom stereocenters. The van der Waals surface area contributed by atoms with Crippen LogP contribution in [-0.2, 0) is 0 Å². The number of aromatic hydroxyl groups is 2. The van der Waals surface area contributed by atoms with E-state index >= 15 is 0 Å². The average Bonchev–Trinajstić information content (AvgIpc) is 2.71. The molecular formula is C26H40O2. The van der Waals surface area contributed by atoms with E-state index in [2.05, 4.69) is 20.8 Å². The topological polar surface area (TPSA) is 40.5 Å². The highest BCUT2D eigenvalue weighted by Crippen LogP contribution is 2.29. The third-order valence-electron chi connectivity index (χ3n) is 5.21. The average molecular weight is 385 g/mol. The molecule has 0 aliphatic rings. The van der Waals surface area contributed by atoms with Crippen LogP contribution in [0.2, 0.25) is 0 Å². The van der Waals surface area contributed by atoms with Gasteiger partial charge in [-0.2, -0.15) is 0 Å². The van der Waals surface area contributed by atoms with Gasteiger partial charge in [0, 0.05) is 5.92 Å². The number of phenols is 2. The van der Waals surface area contributed by atoms with E-state index < -0.39 is 0 Å². The van der Waals surface area contributed by atoms with Gasteiger partial charge in [0.1, 0.15) is 11.5 Å². The van der Waals surface area contributed by atoms with Crippen molar-refractivity contribution < 1.29 is 10.2 Å². The van der Waals surface area contributed by atoms with Gasteiger partial charge in [0.25, 0.3) is 0 Å². The minimum absolute atomic E-state index is 0.286. The smallest absolute Gasteiger partial charge is 0.115 e. The summed E-state index contributed by atoms with van der Waals surface area (Å²) in [5.74, 6) is 0.875. The summed E-state index contributed by atoms with van der Waals surface area (Å²) < 4.78 is 0. The number of rotatable bonds is 11. The summed E-state index contributed by atoms with van der Waals surface area (Å²) in [5, 5.41) is 18.6. The largest absolute Gasteiger partial charge is 0.508 e. The van der Waals surface area contributed by atoms with Crippen LogP contribution < -0.4 is 0 Å². The maximum Gasteiger partial charge on any atom is 0.115 e. The fourth-order valence-corrected chi connectivity index (χ4v) is 3.46. The Labute approximate surface area is 172 Å². The Balaban J connectivity index is 0.000000311. The summed E-state index contributed by atoms with van der Waals surface area (Å²) in [6.45, 7) is 6.68. The monoisotopic (exact) mass is 384 g/mol. The van der Waals surface area contributed by atoms with Gasteiger partial charge in [-0.3, -0.25) is 0 Å². The SMILES string of the molecule is CCC(c1ccc(O)cc1)c1ccc(O)cc1.CCCCCCCCCCC. The Kier molecular flexibility index (Phi) is 12.9. The molecule has 2 nitrogen and oxygen atoms in total. The molecular weight excluding hydrogens is 344 g/mol. The molecule has 156 valence electrons. The second-order valence-electron chi connectivity index (χ2n) is 7.62. The zero-order valence-electron chi connectivity index (χ0n) is 18.2. The molecule has 2 aromatic carbocycles. The summed E-state index contributed by atoms with van der Waals surface area (Å²) in [7, 11) is 0. The summed E-state index contributed by atoms with van der Waals surface area (Å²) in [4.78, 5) is 0. The Hall–Kier alpha value is -1.96. The van der Waals surface area contributed by atoms with Gasteiger partial charge in [0.05, 0.1) is 0 Å². The zero-order chi connectivity index (χ0) is 20.6. The zero-order valence-corrected chi connectivity index (χ0v) is 18.2. The molecule has 2 rings (SSSR count). The molecule has 28 heavy (non-hydrogen) atoms. The predicted molar refractivity (Wildman–Crippen MR) is 121 cm³/mol. The van der Waals surface area contributed by atoms with Crippen molar-refractivity contribution in [3.63, 3.8) is 0 Å².